The summed E-state index contributed by atoms with van der Waals surface area (Å²) in [6, 6.07) is 17.8. The Morgan fingerprint density at radius 2 is 1.56 bits per heavy atom. The van der Waals surface area contributed by atoms with Crippen molar-refractivity contribution in [2.24, 2.45) is 0 Å². The molecule has 3 rings (SSSR count). The Kier molecular flexibility index (Phi) is 9.36. The SMILES string of the molecule is COc1ccc(CN(Cc2ccc(OC)cc2)c2cc(Br)c(/C=C/CCC(=O)O)c(Cl)n2)cc1. The van der Waals surface area contributed by atoms with Gasteiger partial charge in [-0.3, -0.25) is 4.79 Å². The number of halogens is 2. The highest BCUT2D eigenvalue weighted by atomic mass is 79.9. The van der Waals surface area contributed by atoms with Gasteiger partial charge in [-0.25, -0.2) is 4.98 Å². The standard InChI is InChI=1S/C26H26BrClN2O4/c1-33-20-11-7-18(8-12-20)16-30(17-19-9-13-21(34-2)14-10-19)24-15-23(27)22(26(28)29-24)5-3-4-6-25(31)32/h3,5,7-15H,4,6,16-17H2,1-2H3,(H,31,32)/b5-3+. The number of nitrogens with zero attached hydrogens (tertiary/aromatic N) is 2. The lowest BCUT2D eigenvalue weighted by molar-refractivity contribution is -0.136. The number of aromatic nitrogens is 1. The van der Waals surface area contributed by atoms with Gasteiger partial charge in [0.25, 0.3) is 0 Å². The third-order valence-corrected chi connectivity index (χ3v) is 6.09. The predicted octanol–water partition coefficient (Wildman–Crippen LogP) is 6.60. The highest BCUT2D eigenvalue weighted by molar-refractivity contribution is 9.10. The minimum Gasteiger partial charge on any atom is -0.497 e. The number of hydrogen-bond acceptors (Lipinski definition) is 5. The van der Waals surface area contributed by atoms with E-state index >= 15 is 0 Å². The van der Waals surface area contributed by atoms with Crippen LogP contribution < -0.4 is 14.4 Å². The fourth-order valence-corrected chi connectivity index (χ4v) is 4.21. The van der Waals surface area contributed by atoms with Gasteiger partial charge >= 0.3 is 5.97 Å². The van der Waals surface area contributed by atoms with E-state index in [9.17, 15) is 4.79 Å². The number of carbonyl (C=O) groups is 1. The van der Waals surface area contributed by atoms with Crippen LogP contribution in [0.15, 0.2) is 65.1 Å². The first-order valence-corrected chi connectivity index (χ1v) is 11.8. The zero-order chi connectivity index (χ0) is 24.5. The van der Waals surface area contributed by atoms with Gasteiger partial charge in [-0.05, 0) is 63.8 Å². The van der Waals surface area contributed by atoms with Gasteiger partial charge in [0.15, 0.2) is 0 Å². The van der Waals surface area contributed by atoms with Crippen LogP contribution in [0.2, 0.25) is 5.15 Å². The van der Waals surface area contributed by atoms with Gasteiger partial charge in [-0.15, -0.1) is 0 Å². The van der Waals surface area contributed by atoms with Crippen LogP contribution in [0.3, 0.4) is 0 Å². The number of hydrogen-bond donors (Lipinski definition) is 1. The Morgan fingerprint density at radius 1 is 1.03 bits per heavy atom. The number of rotatable bonds is 11. The van der Waals surface area contributed by atoms with Crippen molar-refractivity contribution in [3.8, 4) is 11.5 Å². The van der Waals surface area contributed by atoms with Gasteiger partial charge in [-0.2, -0.15) is 0 Å². The summed E-state index contributed by atoms with van der Waals surface area (Å²) >= 11 is 10.1. The summed E-state index contributed by atoms with van der Waals surface area (Å²) in [6.07, 6.45) is 4.06. The summed E-state index contributed by atoms with van der Waals surface area (Å²) in [5.74, 6) is 1.48. The number of ether oxygens (including phenoxy) is 2. The van der Waals surface area contributed by atoms with E-state index in [2.05, 4.69) is 25.8 Å². The van der Waals surface area contributed by atoms with Crippen molar-refractivity contribution in [3.05, 3.63) is 87.0 Å². The van der Waals surface area contributed by atoms with E-state index in [4.69, 9.17) is 26.2 Å². The molecule has 0 unspecified atom stereocenters. The summed E-state index contributed by atoms with van der Waals surface area (Å²) in [7, 11) is 3.29. The summed E-state index contributed by atoms with van der Waals surface area (Å²) in [4.78, 5) is 17.5. The van der Waals surface area contributed by atoms with E-state index in [-0.39, 0.29) is 6.42 Å². The second-order valence-electron chi connectivity index (χ2n) is 7.55. The third-order valence-electron chi connectivity index (χ3n) is 5.15. The van der Waals surface area contributed by atoms with E-state index < -0.39 is 5.97 Å². The number of carboxylic acids is 1. The topological polar surface area (TPSA) is 71.9 Å². The lowest BCUT2D eigenvalue weighted by Gasteiger charge is -2.25. The molecule has 8 heteroatoms. The normalized spacial score (nSPS) is 10.9. The van der Waals surface area contributed by atoms with Crippen molar-refractivity contribution >= 4 is 45.4 Å². The molecule has 0 fully saturated rings. The zero-order valence-electron chi connectivity index (χ0n) is 19.0. The smallest absolute Gasteiger partial charge is 0.303 e. The Labute approximate surface area is 212 Å². The van der Waals surface area contributed by atoms with Crippen LogP contribution in [0.1, 0.15) is 29.5 Å². The van der Waals surface area contributed by atoms with Crippen molar-refractivity contribution in [3.63, 3.8) is 0 Å². The van der Waals surface area contributed by atoms with Gasteiger partial charge in [0.05, 0.1) is 14.2 Å². The maximum absolute atomic E-state index is 10.7. The molecule has 0 aliphatic carbocycles. The monoisotopic (exact) mass is 544 g/mol. The lowest BCUT2D eigenvalue weighted by Crippen LogP contribution is -2.23. The van der Waals surface area contributed by atoms with Gasteiger partial charge in [0.2, 0.25) is 0 Å². The number of carboxylic acid groups (broad SMARTS) is 1. The highest BCUT2D eigenvalue weighted by Crippen LogP contribution is 2.31. The third kappa shape index (κ3) is 7.23. The van der Waals surface area contributed by atoms with Crippen molar-refractivity contribution < 1.29 is 19.4 Å². The summed E-state index contributed by atoms with van der Waals surface area (Å²) in [6.45, 7) is 1.22. The molecule has 0 amide bonds. The first-order valence-electron chi connectivity index (χ1n) is 10.6. The Bertz CT molecular complexity index is 1060. The van der Waals surface area contributed by atoms with Crippen LogP contribution in [0.5, 0.6) is 11.5 Å². The van der Waals surface area contributed by atoms with E-state index in [1.54, 1.807) is 26.4 Å². The molecule has 0 aliphatic rings. The number of anilines is 1. The summed E-state index contributed by atoms with van der Waals surface area (Å²) in [5.41, 5.74) is 2.91. The maximum atomic E-state index is 10.7. The molecule has 1 heterocycles. The Morgan fingerprint density at radius 3 is 2.00 bits per heavy atom. The molecule has 0 saturated carbocycles. The molecular formula is C26H26BrClN2O4. The van der Waals surface area contributed by atoms with Crippen molar-refractivity contribution in [2.45, 2.75) is 25.9 Å². The van der Waals surface area contributed by atoms with Crippen LogP contribution >= 0.6 is 27.5 Å². The van der Waals surface area contributed by atoms with Gasteiger partial charge in [-0.1, -0.05) is 48.0 Å². The molecule has 0 bridgehead atoms. The van der Waals surface area contributed by atoms with Crippen molar-refractivity contribution in [1.29, 1.82) is 0 Å². The molecule has 34 heavy (non-hydrogen) atoms. The molecule has 0 radical (unpaired) electrons. The largest absolute Gasteiger partial charge is 0.497 e. The number of pyridine rings is 1. The average Bonchev–Trinajstić information content (AvgIpc) is 2.83. The summed E-state index contributed by atoms with van der Waals surface area (Å²) < 4.78 is 11.3. The molecule has 1 N–H and O–H groups in total. The molecule has 0 saturated heterocycles. The van der Waals surface area contributed by atoms with Crippen LogP contribution in [-0.2, 0) is 17.9 Å². The molecule has 3 aromatic rings. The molecule has 178 valence electrons. The molecule has 0 aliphatic heterocycles. The second-order valence-corrected chi connectivity index (χ2v) is 8.77. The van der Waals surface area contributed by atoms with Crippen LogP contribution in [-0.4, -0.2) is 30.3 Å². The highest BCUT2D eigenvalue weighted by Gasteiger charge is 2.15. The number of aliphatic carboxylic acids is 1. The molecule has 2 aromatic carbocycles. The molecule has 1 aromatic heterocycles. The second kappa shape index (κ2) is 12.4. The van der Waals surface area contributed by atoms with Crippen LogP contribution in [0.4, 0.5) is 5.82 Å². The predicted molar refractivity (Wildman–Crippen MR) is 139 cm³/mol. The van der Waals surface area contributed by atoms with Gasteiger partial charge in [0, 0.05) is 29.5 Å². The fraction of sp³-hybridized carbons (Fsp3) is 0.231. The molecule has 0 spiro atoms. The molecular weight excluding hydrogens is 520 g/mol. The molecule has 0 atom stereocenters. The molecule has 6 nitrogen and oxygen atoms in total. The van der Waals surface area contributed by atoms with Crippen LogP contribution in [0.25, 0.3) is 6.08 Å². The quantitative estimate of drug-likeness (QED) is 0.274. The van der Waals surface area contributed by atoms with Crippen molar-refractivity contribution in [2.75, 3.05) is 19.1 Å². The number of methoxy groups -OCH3 is 2. The maximum Gasteiger partial charge on any atom is 0.303 e. The average molecular weight is 546 g/mol. The minimum atomic E-state index is -0.837. The van der Waals surface area contributed by atoms with E-state index in [1.165, 1.54) is 0 Å². The first kappa shape index (κ1) is 25.6. The fourth-order valence-electron chi connectivity index (χ4n) is 3.32. The van der Waals surface area contributed by atoms with E-state index in [1.807, 2.05) is 54.6 Å². The lowest BCUT2D eigenvalue weighted by atomic mass is 10.1. The Balaban J connectivity index is 1.89. The first-order chi connectivity index (χ1) is 16.4. The number of benzene rings is 2. The van der Waals surface area contributed by atoms with E-state index in [0.29, 0.717) is 36.0 Å². The van der Waals surface area contributed by atoms with Crippen LogP contribution in [0, 0.1) is 0 Å². The summed E-state index contributed by atoms with van der Waals surface area (Å²) in [5, 5.41) is 9.16. The van der Waals surface area contributed by atoms with E-state index in [0.717, 1.165) is 27.1 Å². The van der Waals surface area contributed by atoms with Gasteiger partial charge in [0.1, 0.15) is 22.5 Å². The zero-order valence-corrected chi connectivity index (χ0v) is 21.3. The van der Waals surface area contributed by atoms with Gasteiger partial charge < -0.3 is 19.5 Å². The number of allylic oxidation sites excluding steroid dienone is 1. The Hall–Kier alpha value is -3.03. The minimum absolute atomic E-state index is 0.0642. The van der Waals surface area contributed by atoms with Crippen molar-refractivity contribution in [1.82, 2.24) is 4.98 Å².